The first-order chi connectivity index (χ1) is 8.11. The highest BCUT2D eigenvalue weighted by Gasteiger charge is 2.48. The molecule has 2 heterocycles. The highest BCUT2D eigenvalue weighted by Crippen LogP contribution is 2.45. The molecular weight excluding hydrogens is 239 g/mol. The van der Waals surface area contributed by atoms with E-state index in [9.17, 15) is 9.18 Å². The molecule has 1 saturated heterocycles. The molecule has 1 aromatic rings. The van der Waals surface area contributed by atoms with Gasteiger partial charge >= 0.3 is 0 Å². The van der Waals surface area contributed by atoms with Crippen molar-refractivity contribution in [2.75, 3.05) is 5.75 Å². The molecule has 2 nitrogen and oxygen atoms in total. The zero-order valence-electron chi connectivity index (χ0n) is 9.53. The van der Waals surface area contributed by atoms with Gasteiger partial charge in [0.05, 0.1) is 12.0 Å². The molecule has 0 aliphatic carbocycles. The van der Waals surface area contributed by atoms with Gasteiger partial charge in [-0.25, -0.2) is 4.39 Å². The summed E-state index contributed by atoms with van der Waals surface area (Å²) >= 11 is 1.83. The highest BCUT2D eigenvalue weighted by molar-refractivity contribution is 8.00. The molecule has 0 N–H and O–H groups in total. The topological polar surface area (TPSA) is 26.3 Å². The number of ketones is 1. The van der Waals surface area contributed by atoms with Crippen LogP contribution in [0.3, 0.4) is 0 Å². The van der Waals surface area contributed by atoms with E-state index in [1.807, 2.05) is 11.8 Å². The third kappa shape index (κ3) is 1.66. The van der Waals surface area contributed by atoms with E-state index < -0.39 is 0 Å². The standard InChI is InChI=1S/C13H13FO2S/c1-8-13(4-5-17-8)7-11(15)10-6-9(14)2-3-12(10)16-13/h2-3,6,8H,4-5,7H2,1H3. The minimum atomic E-state index is -0.384. The smallest absolute Gasteiger partial charge is 0.170 e. The predicted octanol–water partition coefficient (Wildman–Crippen LogP) is 3.06. The van der Waals surface area contributed by atoms with Crippen LogP contribution < -0.4 is 4.74 Å². The molecule has 2 aliphatic rings. The molecule has 0 amide bonds. The average Bonchev–Trinajstić information content (AvgIpc) is 2.62. The van der Waals surface area contributed by atoms with Gasteiger partial charge in [0.2, 0.25) is 0 Å². The Labute approximate surface area is 104 Å². The van der Waals surface area contributed by atoms with Crippen LogP contribution >= 0.6 is 11.8 Å². The number of halogens is 1. The number of thioether (sulfide) groups is 1. The van der Waals surface area contributed by atoms with Gasteiger partial charge in [-0.05, 0) is 37.3 Å². The Balaban J connectivity index is 2.04. The predicted molar refractivity (Wildman–Crippen MR) is 65.2 cm³/mol. The zero-order valence-corrected chi connectivity index (χ0v) is 10.3. The summed E-state index contributed by atoms with van der Waals surface area (Å²) in [5.41, 5.74) is 0.0202. The minimum absolute atomic E-state index is 0.0000926. The van der Waals surface area contributed by atoms with Gasteiger partial charge in [-0.15, -0.1) is 0 Å². The largest absolute Gasteiger partial charge is 0.485 e. The first kappa shape index (κ1) is 11.1. The fourth-order valence-electron chi connectivity index (χ4n) is 2.56. The van der Waals surface area contributed by atoms with Crippen molar-refractivity contribution in [1.29, 1.82) is 0 Å². The fraction of sp³-hybridized carbons (Fsp3) is 0.462. The fourth-order valence-corrected chi connectivity index (χ4v) is 3.93. The van der Waals surface area contributed by atoms with Crippen LogP contribution in [0.15, 0.2) is 18.2 Å². The monoisotopic (exact) mass is 252 g/mol. The van der Waals surface area contributed by atoms with Gasteiger partial charge in [0.1, 0.15) is 17.2 Å². The van der Waals surface area contributed by atoms with E-state index >= 15 is 0 Å². The molecule has 2 aliphatic heterocycles. The summed E-state index contributed by atoms with van der Waals surface area (Å²) in [6.07, 6.45) is 1.26. The van der Waals surface area contributed by atoms with Crippen LogP contribution in [0.1, 0.15) is 30.1 Å². The van der Waals surface area contributed by atoms with Crippen molar-refractivity contribution < 1.29 is 13.9 Å². The molecular formula is C13H13FO2S. The Morgan fingerprint density at radius 1 is 1.53 bits per heavy atom. The quantitative estimate of drug-likeness (QED) is 0.710. The second kappa shape index (κ2) is 3.73. The van der Waals surface area contributed by atoms with Crippen molar-refractivity contribution in [2.24, 2.45) is 0 Å². The van der Waals surface area contributed by atoms with E-state index in [2.05, 4.69) is 6.92 Å². The van der Waals surface area contributed by atoms with E-state index in [1.165, 1.54) is 12.1 Å². The second-order valence-corrected chi connectivity index (χ2v) is 6.12. The van der Waals surface area contributed by atoms with Crippen LogP contribution in [0.2, 0.25) is 0 Å². The summed E-state index contributed by atoms with van der Waals surface area (Å²) in [5.74, 6) is 1.17. The van der Waals surface area contributed by atoms with Crippen molar-refractivity contribution in [3.05, 3.63) is 29.6 Å². The summed E-state index contributed by atoms with van der Waals surface area (Å²) in [5, 5.41) is 0.310. The molecule has 3 rings (SSSR count). The van der Waals surface area contributed by atoms with E-state index in [0.29, 0.717) is 23.0 Å². The maximum Gasteiger partial charge on any atom is 0.170 e. The third-order valence-electron chi connectivity index (χ3n) is 3.65. The number of rotatable bonds is 0. The third-order valence-corrected chi connectivity index (χ3v) is 5.02. The van der Waals surface area contributed by atoms with Crippen LogP contribution in [0.5, 0.6) is 5.75 Å². The number of fused-ring (bicyclic) bond motifs is 1. The Hall–Kier alpha value is -1.03. The van der Waals surface area contributed by atoms with Gasteiger partial charge in [-0.1, -0.05) is 0 Å². The zero-order chi connectivity index (χ0) is 12.0. The summed E-state index contributed by atoms with van der Waals surface area (Å²) in [6, 6.07) is 4.19. The Morgan fingerprint density at radius 3 is 3.06 bits per heavy atom. The molecule has 4 heteroatoms. The van der Waals surface area contributed by atoms with Crippen molar-refractivity contribution in [3.8, 4) is 5.75 Å². The van der Waals surface area contributed by atoms with Gasteiger partial charge in [-0.2, -0.15) is 11.8 Å². The normalized spacial score (nSPS) is 31.4. The van der Waals surface area contributed by atoms with Crippen LogP contribution in [0.4, 0.5) is 4.39 Å². The van der Waals surface area contributed by atoms with Gasteiger partial charge < -0.3 is 4.74 Å². The molecule has 1 spiro atoms. The van der Waals surface area contributed by atoms with Gasteiger partial charge in [0.25, 0.3) is 0 Å². The summed E-state index contributed by atoms with van der Waals surface area (Å²) in [7, 11) is 0. The van der Waals surface area contributed by atoms with Crippen LogP contribution in [-0.4, -0.2) is 22.4 Å². The molecule has 1 aromatic carbocycles. The molecule has 0 saturated carbocycles. The number of carbonyl (C=O) groups is 1. The lowest BCUT2D eigenvalue weighted by Crippen LogP contribution is -2.46. The number of hydrogen-bond donors (Lipinski definition) is 0. The van der Waals surface area contributed by atoms with Crippen LogP contribution in [-0.2, 0) is 0 Å². The van der Waals surface area contributed by atoms with Gasteiger partial charge in [-0.3, -0.25) is 4.79 Å². The summed E-state index contributed by atoms with van der Waals surface area (Å²) in [4.78, 5) is 12.1. The maximum atomic E-state index is 13.1. The Kier molecular flexibility index (Phi) is 2.43. The number of carbonyl (C=O) groups excluding carboxylic acids is 1. The lowest BCUT2D eigenvalue weighted by molar-refractivity contribution is 0.0438. The second-order valence-electron chi connectivity index (χ2n) is 4.67. The first-order valence-electron chi connectivity index (χ1n) is 5.74. The molecule has 0 radical (unpaired) electrons. The molecule has 2 atom stereocenters. The Bertz CT molecular complexity index is 488. The molecule has 0 aromatic heterocycles. The lowest BCUT2D eigenvalue weighted by atomic mass is 9.86. The van der Waals surface area contributed by atoms with Crippen molar-refractivity contribution >= 4 is 17.5 Å². The van der Waals surface area contributed by atoms with E-state index in [4.69, 9.17) is 4.74 Å². The number of Topliss-reactive ketones (excluding diaryl/α,β-unsaturated/α-hetero) is 1. The van der Waals surface area contributed by atoms with E-state index in [0.717, 1.165) is 12.2 Å². The van der Waals surface area contributed by atoms with Crippen molar-refractivity contribution in [2.45, 2.75) is 30.6 Å². The summed E-state index contributed by atoms with van der Waals surface area (Å²) < 4.78 is 19.1. The molecule has 2 unspecified atom stereocenters. The highest BCUT2D eigenvalue weighted by atomic mass is 32.2. The first-order valence-corrected chi connectivity index (χ1v) is 6.79. The number of benzene rings is 1. The number of hydrogen-bond acceptors (Lipinski definition) is 3. The van der Waals surface area contributed by atoms with Gasteiger partial charge in [0.15, 0.2) is 5.78 Å². The van der Waals surface area contributed by atoms with E-state index in [-0.39, 0.29) is 17.2 Å². The van der Waals surface area contributed by atoms with Gasteiger partial charge in [0, 0.05) is 5.25 Å². The Morgan fingerprint density at radius 2 is 2.35 bits per heavy atom. The number of ether oxygens (including phenoxy) is 1. The molecule has 1 fully saturated rings. The molecule has 90 valence electrons. The maximum absolute atomic E-state index is 13.1. The van der Waals surface area contributed by atoms with E-state index in [1.54, 1.807) is 6.07 Å². The van der Waals surface area contributed by atoms with Crippen LogP contribution in [0.25, 0.3) is 0 Å². The van der Waals surface area contributed by atoms with Crippen molar-refractivity contribution in [3.63, 3.8) is 0 Å². The SMILES string of the molecule is CC1SCCC12CC(=O)c1cc(F)ccc1O2. The van der Waals surface area contributed by atoms with Crippen LogP contribution in [0, 0.1) is 5.82 Å². The average molecular weight is 252 g/mol. The molecule has 17 heavy (non-hydrogen) atoms. The lowest BCUT2D eigenvalue weighted by Gasteiger charge is -2.37. The van der Waals surface area contributed by atoms with Crippen molar-refractivity contribution in [1.82, 2.24) is 0 Å². The minimum Gasteiger partial charge on any atom is -0.485 e. The summed E-state index contributed by atoms with van der Waals surface area (Å²) in [6.45, 7) is 2.10. The molecule has 0 bridgehead atoms.